The van der Waals surface area contributed by atoms with Crippen molar-refractivity contribution in [3.8, 4) is 5.75 Å². The van der Waals surface area contributed by atoms with Crippen molar-refractivity contribution in [3.05, 3.63) is 59.4 Å². The first kappa shape index (κ1) is 23.4. The second-order valence-corrected chi connectivity index (χ2v) is 6.89. The molecule has 7 heteroatoms. The zero-order chi connectivity index (χ0) is 20.0. The zero-order valence-corrected chi connectivity index (χ0v) is 17.6. The van der Waals surface area contributed by atoms with Gasteiger partial charge < -0.3 is 27.2 Å². The number of carbonyl (C=O) groups excluding carboxylic acids is 2. The molecule has 1 amide bonds. The number of benzene rings is 1. The Morgan fingerprint density at radius 3 is 2.18 bits per heavy atom. The Labute approximate surface area is 172 Å². The lowest BCUT2D eigenvalue weighted by molar-refractivity contribution is -0.727. The van der Waals surface area contributed by atoms with E-state index in [0.717, 1.165) is 11.1 Å². The molecule has 0 saturated heterocycles. The van der Waals surface area contributed by atoms with Crippen LogP contribution in [0.2, 0.25) is 0 Å². The van der Waals surface area contributed by atoms with E-state index in [9.17, 15) is 9.59 Å². The molecule has 6 nitrogen and oxygen atoms in total. The quantitative estimate of drug-likeness (QED) is 0.437. The van der Waals surface area contributed by atoms with Gasteiger partial charge in [0.1, 0.15) is 11.3 Å². The van der Waals surface area contributed by atoms with Gasteiger partial charge in [-0.25, -0.2) is 4.79 Å². The van der Waals surface area contributed by atoms with E-state index < -0.39 is 6.16 Å². The number of para-hydroxylation sites is 1. The number of hydrogen-bond acceptors (Lipinski definition) is 4. The van der Waals surface area contributed by atoms with Gasteiger partial charge in [0.15, 0.2) is 12.4 Å². The third-order valence-electron chi connectivity index (χ3n) is 4.18. The summed E-state index contributed by atoms with van der Waals surface area (Å²) in [4.78, 5) is 24.0. The summed E-state index contributed by atoms with van der Waals surface area (Å²) in [5.41, 5.74) is 2.41. The third kappa shape index (κ3) is 5.96. The summed E-state index contributed by atoms with van der Waals surface area (Å²) in [6, 6.07) is 9.29. The van der Waals surface area contributed by atoms with Crippen LogP contribution in [0.15, 0.2) is 42.7 Å². The molecule has 28 heavy (non-hydrogen) atoms. The van der Waals surface area contributed by atoms with Crippen LogP contribution in [0.25, 0.3) is 0 Å². The third-order valence-corrected chi connectivity index (χ3v) is 4.18. The molecule has 0 atom stereocenters. The number of carbonyl (C=O) groups is 2. The molecule has 0 spiro atoms. The van der Waals surface area contributed by atoms with E-state index in [-0.39, 0.29) is 36.9 Å². The first-order chi connectivity index (χ1) is 12.8. The first-order valence-corrected chi connectivity index (χ1v) is 9.02. The van der Waals surface area contributed by atoms with E-state index in [0.29, 0.717) is 11.3 Å². The van der Waals surface area contributed by atoms with Gasteiger partial charge in [-0.15, -0.1) is 0 Å². The van der Waals surface area contributed by atoms with Crippen molar-refractivity contribution in [1.82, 2.24) is 5.32 Å². The summed E-state index contributed by atoms with van der Waals surface area (Å²) in [6.07, 6.45) is 2.54. The first-order valence-electron chi connectivity index (χ1n) is 9.02. The topological polar surface area (TPSA) is 68.5 Å². The Morgan fingerprint density at radius 1 is 1.04 bits per heavy atom. The average molecular weight is 407 g/mol. The molecule has 1 aromatic carbocycles. The molecule has 0 fully saturated rings. The maximum absolute atomic E-state index is 12.3. The summed E-state index contributed by atoms with van der Waals surface area (Å²) in [5, 5.41) is 2.55. The fourth-order valence-corrected chi connectivity index (χ4v) is 2.72. The van der Waals surface area contributed by atoms with Crippen LogP contribution in [0, 0.1) is 0 Å². The molecule has 152 valence electrons. The van der Waals surface area contributed by atoms with E-state index in [4.69, 9.17) is 9.47 Å². The fraction of sp³-hybridized carbons (Fsp3) is 0.381. The van der Waals surface area contributed by atoms with Crippen LogP contribution in [-0.2, 0) is 11.5 Å². The number of amides is 1. The van der Waals surface area contributed by atoms with Crippen LogP contribution in [0.3, 0.4) is 0 Å². The van der Waals surface area contributed by atoms with Gasteiger partial charge in [0, 0.05) is 13.1 Å². The molecule has 0 aliphatic carbocycles. The maximum Gasteiger partial charge on any atom is 0.518 e. The SMILES string of the molecule is CNC(=O)c1ccc[n+](COC(=O)Oc2c(C(C)C)cccc2C(C)C)c1.[Cl-]. The molecule has 0 bridgehead atoms. The van der Waals surface area contributed by atoms with Gasteiger partial charge in [0.25, 0.3) is 12.6 Å². The predicted octanol–water partition coefficient (Wildman–Crippen LogP) is 0.758. The fourth-order valence-electron chi connectivity index (χ4n) is 2.72. The number of nitrogens with zero attached hydrogens (tertiary/aromatic N) is 1. The summed E-state index contributed by atoms with van der Waals surface area (Å²) in [7, 11) is 1.56. The highest BCUT2D eigenvalue weighted by Crippen LogP contribution is 2.34. The minimum Gasteiger partial charge on any atom is -1.00 e. The highest BCUT2D eigenvalue weighted by atomic mass is 35.5. The molecule has 0 unspecified atom stereocenters. The van der Waals surface area contributed by atoms with Crippen LogP contribution in [0.1, 0.15) is 61.0 Å². The number of aromatic nitrogens is 1. The number of hydrogen-bond donors (Lipinski definition) is 1. The Kier molecular flexibility index (Phi) is 8.92. The predicted molar refractivity (Wildman–Crippen MR) is 102 cm³/mol. The van der Waals surface area contributed by atoms with Crippen LogP contribution >= 0.6 is 0 Å². The molecule has 2 rings (SSSR count). The normalized spacial score (nSPS) is 10.4. The minimum atomic E-state index is -0.775. The van der Waals surface area contributed by atoms with Crippen molar-refractivity contribution in [1.29, 1.82) is 0 Å². The highest BCUT2D eigenvalue weighted by Gasteiger charge is 2.20. The summed E-state index contributed by atoms with van der Waals surface area (Å²) < 4.78 is 12.4. The lowest BCUT2D eigenvalue weighted by atomic mass is 9.94. The molecule has 0 saturated carbocycles. The number of ether oxygens (including phenoxy) is 2. The van der Waals surface area contributed by atoms with Gasteiger partial charge in [-0.2, -0.15) is 4.57 Å². The van der Waals surface area contributed by atoms with Crippen LogP contribution in [0.5, 0.6) is 5.75 Å². The highest BCUT2D eigenvalue weighted by molar-refractivity contribution is 5.93. The van der Waals surface area contributed by atoms with E-state index >= 15 is 0 Å². The summed E-state index contributed by atoms with van der Waals surface area (Å²) in [6.45, 7) is 8.16. The van der Waals surface area contributed by atoms with Crippen LogP contribution in [-0.4, -0.2) is 19.1 Å². The van der Waals surface area contributed by atoms with E-state index in [1.165, 1.54) is 0 Å². The van der Waals surface area contributed by atoms with Crippen molar-refractivity contribution < 1.29 is 36.0 Å². The lowest BCUT2D eigenvalue weighted by Crippen LogP contribution is -3.00. The Bertz CT molecular complexity index is 796. The standard InChI is InChI=1S/C21H26N2O4.ClH/c1-14(2)17-9-6-10-18(15(3)4)19(17)27-21(25)26-13-23-11-7-8-16(12-23)20(24)22-5;/h6-12,14-15H,13H2,1-5H3;1H. The molecular formula is C21H27ClN2O4. The Hall–Kier alpha value is -2.60. The number of halogens is 1. The zero-order valence-electron chi connectivity index (χ0n) is 16.9. The van der Waals surface area contributed by atoms with E-state index in [1.807, 2.05) is 18.2 Å². The molecule has 1 aromatic heterocycles. The number of rotatable bonds is 6. The molecular weight excluding hydrogens is 380 g/mol. The van der Waals surface area contributed by atoms with Crippen LogP contribution in [0.4, 0.5) is 4.79 Å². The van der Waals surface area contributed by atoms with Gasteiger partial charge in [0.05, 0.1) is 0 Å². The molecule has 2 aromatic rings. The van der Waals surface area contributed by atoms with Crippen LogP contribution < -0.4 is 27.0 Å². The van der Waals surface area contributed by atoms with Gasteiger partial charge >= 0.3 is 6.16 Å². The second kappa shape index (κ2) is 10.7. The average Bonchev–Trinajstić information content (AvgIpc) is 2.65. The number of pyridine rings is 1. The van der Waals surface area contributed by atoms with Crippen molar-refractivity contribution >= 4 is 12.1 Å². The largest absolute Gasteiger partial charge is 1.00 e. The van der Waals surface area contributed by atoms with Crippen molar-refractivity contribution in [2.24, 2.45) is 0 Å². The molecule has 0 aliphatic heterocycles. The molecule has 1 heterocycles. The maximum atomic E-state index is 12.3. The van der Waals surface area contributed by atoms with Crippen molar-refractivity contribution in [2.45, 2.75) is 46.3 Å². The van der Waals surface area contributed by atoms with Crippen molar-refractivity contribution in [3.63, 3.8) is 0 Å². The van der Waals surface area contributed by atoms with Gasteiger partial charge in [-0.05, 0) is 29.0 Å². The molecule has 0 aliphatic rings. The van der Waals surface area contributed by atoms with E-state index in [2.05, 4.69) is 33.0 Å². The van der Waals surface area contributed by atoms with Gasteiger partial charge in [-0.3, -0.25) is 4.79 Å². The van der Waals surface area contributed by atoms with E-state index in [1.54, 1.807) is 36.1 Å². The lowest BCUT2D eigenvalue weighted by Gasteiger charge is -2.18. The second-order valence-electron chi connectivity index (χ2n) is 6.89. The molecule has 0 radical (unpaired) electrons. The molecule has 1 N–H and O–H groups in total. The monoisotopic (exact) mass is 406 g/mol. The van der Waals surface area contributed by atoms with Crippen molar-refractivity contribution in [2.75, 3.05) is 7.05 Å². The summed E-state index contributed by atoms with van der Waals surface area (Å²) >= 11 is 0. The van der Waals surface area contributed by atoms with Gasteiger partial charge in [0.2, 0.25) is 0 Å². The Balaban J connectivity index is 0.00000392. The summed E-state index contributed by atoms with van der Waals surface area (Å²) in [5.74, 6) is 0.784. The minimum absolute atomic E-state index is 0. The smallest absolute Gasteiger partial charge is 0.518 e. The Morgan fingerprint density at radius 2 is 1.64 bits per heavy atom. The number of nitrogens with one attached hydrogen (secondary N) is 1. The van der Waals surface area contributed by atoms with Gasteiger partial charge in [-0.1, -0.05) is 45.9 Å².